The van der Waals surface area contributed by atoms with Gasteiger partial charge in [-0.05, 0) is 30.7 Å². The molecule has 1 rings (SSSR count). The summed E-state index contributed by atoms with van der Waals surface area (Å²) >= 11 is 0. The van der Waals surface area contributed by atoms with E-state index in [0.717, 1.165) is 12.8 Å². The average Bonchev–Trinajstić information content (AvgIpc) is 1.96. The van der Waals surface area contributed by atoms with Crippen LogP contribution in [0, 0.1) is 11.3 Å². The maximum Gasteiger partial charge on any atom is 0.303 e. The number of rotatable bonds is 3. The summed E-state index contributed by atoms with van der Waals surface area (Å²) in [5, 5.41) is 8.61. The first-order valence-electron chi connectivity index (χ1n) is 4.02. The van der Waals surface area contributed by atoms with Gasteiger partial charge in [-0.1, -0.05) is 6.92 Å². The van der Waals surface area contributed by atoms with Gasteiger partial charge in [-0.3, -0.25) is 4.79 Å². The van der Waals surface area contributed by atoms with E-state index in [1.807, 2.05) is 0 Å². The molecule has 3 nitrogen and oxygen atoms in total. The number of carboxylic acids is 1. The molecule has 0 saturated heterocycles. The third-order valence-electron chi connectivity index (χ3n) is 3.03. The van der Waals surface area contributed by atoms with Crippen molar-refractivity contribution in [2.24, 2.45) is 17.1 Å². The second-order valence-corrected chi connectivity index (χ2v) is 3.58. The summed E-state index contributed by atoms with van der Waals surface area (Å²) in [4.78, 5) is 10.5. The summed E-state index contributed by atoms with van der Waals surface area (Å²) in [6.07, 6.45) is 2.35. The first-order valence-corrected chi connectivity index (χ1v) is 4.02. The van der Waals surface area contributed by atoms with E-state index in [1.54, 1.807) is 0 Å². The number of aliphatic carboxylic acids is 1. The first-order chi connectivity index (χ1) is 5.10. The smallest absolute Gasteiger partial charge is 0.303 e. The molecule has 0 spiro atoms. The minimum atomic E-state index is -0.720. The molecule has 1 aliphatic carbocycles. The molecule has 0 aromatic carbocycles. The van der Waals surface area contributed by atoms with Crippen LogP contribution < -0.4 is 5.73 Å². The third-order valence-corrected chi connectivity index (χ3v) is 3.03. The maximum atomic E-state index is 10.5. The summed E-state index contributed by atoms with van der Waals surface area (Å²) in [6.45, 7) is 2.60. The molecule has 3 N–H and O–H groups in total. The highest BCUT2D eigenvalue weighted by Gasteiger charge is 2.44. The van der Waals surface area contributed by atoms with Gasteiger partial charge in [0, 0.05) is 0 Å². The molecule has 0 radical (unpaired) electrons. The van der Waals surface area contributed by atoms with E-state index in [1.165, 1.54) is 0 Å². The summed E-state index contributed by atoms with van der Waals surface area (Å²) < 4.78 is 0. The van der Waals surface area contributed by atoms with E-state index in [4.69, 9.17) is 10.8 Å². The number of carboxylic acid groups (broad SMARTS) is 1. The lowest BCUT2D eigenvalue weighted by atomic mass is 9.59. The van der Waals surface area contributed by atoms with Gasteiger partial charge in [0.15, 0.2) is 0 Å². The van der Waals surface area contributed by atoms with Crippen LogP contribution in [0.3, 0.4) is 0 Å². The topological polar surface area (TPSA) is 63.3 Å². The molecule has 0 heterocycles. The maximum absolute atomic E-state index is 10.5. The van der Waals surface area contributed by atoms with Crippen LogP contribution in [0.1, 0.15) is 26.2 Å². The van der Waals surface area contributed by atoms with Crippen molar-refractivity contribution in [2.75, 3.05) is 6.54 Å². The van der Waals surface area contributed by atoms with E-state index < -0.39 is 5.97 Å². The van der Waals surface area contributed by atoms with E-state index in [0.29, 0.717) is 12.5 Å². The van der Waals surface area contributed by atoms with Crippen LogP contribution in [0.5, 0.6) is 0 Å². The van der Waals surface area contributed by atoms with E-state index in [-0.39, 0.29) is 11.8 Å². The molecular formula is C8H15NO2. The SMILES string of the molecule is CC1CCC1(CN)CC(=O)O. The van der Waals surface area contributed by atoms with E-state index in [2.05, 4.69) is 6.92 Å². The Morgan fingerprint density at radius 3 is 2.55 bits per heavy atom. The molecule has 64 valence electrons. The van der Waals surface area contributed by atoms with Gasteiger partial charge in [0.25, 0.3) is 0 Å². The van der Waals surface area contributed by atoms with Gasteiger partial charge in [0.1, 0.15) is 0 Å². The van der Waals surface area contributed by atoms with E-state index in [9.17, 15) is 4.79 Å². The molecule has 0 aliphatic heterocycles. The highest BCUT2D eigenvalue weighted by molar-refractivity contribution is 5.68. The fourth-order valence-corrected chi connectivity index (χ4v) is 1.78. The second-order valence-electron chi connectivity index (χ2n) is 3.58. The van der Waals surface area contributed by atoms with Crippen LogP contribution >= 0.6 is 0 Å². The summed E-state index contributed by atoms with van der Waals surface area (Å²) in [7, 11) is 0. The molecule has 2 unspecified atom stereocenters. The zero-order chi connectivity index (χ0) is 8.48. The molecule has 0 amide bonds. The molecule has 0 aromatic heterocycles. The number of hydrogen-bond acceptors (Lipinski definition) is 2. The van der Waals surface area contributed by atoms with Gasteiger partial charge in [0.05, 0.1) is 6.42 Å². The Kier molecular flexibility index (Phi) is 2.18. The Morgan fingerprint density at radius 2 is 2.45 bits per heavy atom. The molecule has 1 aliphatic rings. The summed E-state index contributed by atoms with van der Waals surface area (Å²) in [6, 6.07) is 0. The fraction of sp³-hybridized carbons (Fsp3) is 0.875. The van der Waals surface area contributed by atoms with Gasteiger partial charge in [0.2, 0.25) is 0 Å². The standard InChI is InChI=1S/C8H15NO2/c1-6-2-3-8(6,5-9)4-7(10)11/h6H,2-5,9H2,1H3,(H,10,11). The average molecular weight is 157 g/mol. The van der Waals surface area contributed by atoms with Crippen LogP contribution in [-0.4, -0.2) is 17.6 Å². The highest BCUT2D eigenvalue weighted by Crippen LogP contribution is 2.48. The number of carbonyl (C=O) groups is 1. The van der Waals surface area contributed by atoms with Crippen molar-refractivity contribution < 1.29 is 9.90 Å². The summed E-state index contributed by atoms with van der Waals surface area (Å²) in [5.41, 5.74) is 5.47. The molecular weight excluding hydrogens is 142 g/mol. The monoisotopic (exact) mass is 157 g/mol. The van der Waals surface area contributed by atoms with Gasteiger partial charge < -0.3 is 10.8 Å². The zero-order valence-corrected chi connectivity index (χ0v) is 6.84. The molecule has 1 fully saturated rings. The Morgan fingerprint density at radius 1 is 1.82 bits per heavy atom. The van der Waals surface area contributed by atoms with Gasteiger partial charge in [-0.25, -0.2) is 0 Å². The normalized spacial score (nSPS) is 36.4. The number of hydrogen-bond donors (Lipinski definition) is 2. The van der Waals surface area contributed by atoms with Crippen molar-refractivity contribution in [1.29, 1.82) is 0 Å². The molecule has 2 atom stereocenters. The van der Waals surface area contributed by atoms with E-state index >= 15 is 0 Å². The Labute approximate surface area is 66.6 Å². The molecule has 0 bridgehead atoms. The molecule has 0 aromatic rings. The summed E-state index contributed by atoms with van der Waals surface area (Å²) in [5.74, 6) is -0.231. The van der Waals surface area contributed by atoms with Gasteiger partial charge in [-0.15, -0.1) is 0 Å². The van der Waals surface area contributed by atoms with Crippen LogP contribution in [0.25, 0.3) is 0 Å². The quantitative estimate of drug-likeness (QED) is 0.638. The fourth-order valence-electron chi connectivity index (χ4n) is 1.78. The van der Waals surface area contributed by atoms with Crippen LogP contribution in [0.2, 0.25) is 0 Å². The predicted molar refractivity (Wildman–Crippen MR) is 42.1 cm³/mol. The van der Waals surface area contributed by atoms with Crippen molar-refractivity contribution >= 4 is 5.97 Å². The van der Waals surface area contributed by atoms with Crippen LogP contribution in [-0.2, 0) is 4.79 Å². The molecule has 1 saturated carbocycles. The van der Waals surface area contributed by atoms with Crippen molar-refractivity contribution in [3.63, 3.8) is 0 Å². The molecule has 11 heavy (non-hydrogen) atoms. The van der Waals surface area contributed by atoms with Crippen LogP contribution in [0.4, 0.5) is 0 Å². The van der Waals surface area contributed by atoms with Crippen molar-refractivity contribution in [3.05, 3.63) is 0 Å². The van der Waals surface area contributed by atoms with Crippen molar-refractivity contribution in [1.82, 2.24) is 0 Å². The minimum absolute atomic E-state index is 0.0775. The Bertz CT molecular complexity index is 165. The largest absolute Gasteiger partial charge is 0.481 e. The zero-order valence-electron chi connectivity index (χ0n) is 6.84. The van der Waals surface area contributed by atoms with Gasteiger partial charge >= 0.3 is 5.97 Å². The van der Waals surface area contributed by atoms with Crippen molar-refractivity contribution in [2.45, 2.75) is 26.2 Å². The van der Waals surface area contributed by atoms with Crippen LogP contribution in [0.15, 0.2) is 0 Å². The second kappa shape index (κ2) is 2.81. The predicted octanol–water partition coefficient (Wildman–Crippen LogP) is 0.836. The first kappa shape index (κ1) is 8.53. The number of nitrogens with two attached hydrogens (primary N) is 1. The highest BCUT2D eigenvalue weighted by atomic mass is 16.4. The van der Waals surface area contributed by atoms with Gasteiger partial charge in [-0.2, -0.15) is 0 Å². The lowest BCUT2D eigenvalue weighted by Crippen LogP contribution is -2.46. The van der Waals surface area contributed by atoms with Crippen molar-refractivity contribution in [3.8, 4) is 0 Å². The Hall–Kier alpha value is -0.570. The lowest BCUT2D eigenvalue weighted by Gasteiger charge is -2.46. The molecule has 3 heteroatoms. The minimum Gasteiger partial charge on any atom is -0.481 e. The third kappa shape index (κ3) is 1.38. The lowest BCUT2D eigenvalue weighted by molar-refractivity contribution is -0.143. The Balaban J connectivity index is 2.54.